The molecule has 2 aliphatic rings. The summed E-state index contributed by atoms with van der Waals surface area (Å²) in [4.78, 5) is 22.6. The van der Waals surface area contributed by atoms with Crippen molar-refractivity contribution in [2.75, 3.05) is 26.7 Å². The van der Waals surface area contributed by atoms with E-state index in [4.69, 9.17) is 4.74 Å². The number of carbonyl (C=O) groups is 1. The molecule has 0 radical (unpaired) electrons. The van der Waals surface area contributed by atoms with Crippen molar-refractivity contribution in [3.05, 3.63) is 58.7 Å². The summed E-state index contributed by atoms with van der Waals surface area (Å²) in [6.45, 7) is 0.0516. The van der Waals surface area contributed by atoms with Crippen LogP contribution >= 0.6 is 0 Å². The maximum absolute atomic E-state index is 13.7. The van der Waals surface area contributed by atoms with E-state index in [1.807, 2.05) is 12.2 Å². The average molecular weight is 496 g/mol. The molecule has 4 rings (SSSR count). The SMILES string of the molecule is COc1cc(C(=O)NCC(c2ccc(C(F)(F)F)nc2)N2CCC(F)(F)CC2)nc2c1C=CCC2. The van der Waals surface area contributed by atoms with Gasteiger partial charge in [-0.3, -0.25) is 14.7 Å². The summed E-state index contributed by atoms with van der Waals surface area (Å²) in [5, 5.41) is 2.76. The number of halogens is 5. The molecule has 2 aromatic rings. The number of nitrogens with one attached hydrogen (secondary N) is 1. The molecule has 0 bridgehead atoms. The van der Waals surface area contributed by atoms with Crippen LogP contribution in [0.3, 0.4) is 0 Å². The topological polar surface area (TPSA) is 67.3 Å². The predicted molar refractivity (Wildman–Crippen MR) is 118 cm³/mol. The van der Waals surface area contributed by atoms with Gasteiger partial charge in [-0.2, -0.15) is 13.2 Å². The van der Waals surface area contributed by atoms with Crippen LogP contribution in [0.5, 0.6) is 5.75 Å². The number of nitrogens with zero attached hydrogens (tertiary/aromatic N) is 3. The highest BCUT2D eigenvalue weighted by molar-refractivity contribution is 5.93. The van der Waals surface area contributed by atoms with E-state index in [0.29, 0.717) is 17.7 Å². The Bertz CT molecular complexity index is 1090. The summed E-state index contributed by atoms with van der Waals surface area (Å²) in [7, 11) is 1.50. The Balaban J connectivity index is 1.54. The van der Waals surface area contributed by atoms with E-state index < -0.39 is 29.7 Å². The third-order valence-electron chi connectivity index (χ3n) is 6.27. The Hall–Kier alpha value is -3.08. The molecular weight excluding hydrogens is 471 g/mol. The fraction of sp³-hybridized carbons (Fsp3) is 0.458. The molecule has 1 N–H and O–H groups in total. The molecule has 6 nitrogen and oxygen atoms in total. The number of piperidine rings is 1. The number of pyridine rings is 2. The zero-order valence-electron chi connectivity index (χ0n) is 19.0. The first-order valence-corrected chi connectivity index (χ1v) is 11.2. The first kappa shape index (κ1) is 25.0. The number of aryl methyl sites for hydroxylation is 1. The van der Waals surface area contributed by atoms with Gasteiger partial charge in [0.15, 0.2) is 0 Å². The molecule has 3 heterocycles. The molecule has 0 spiro atoms. The number of ether oxygens (including phenoxy) is 1. The summed E-state index contributed by atoms with van der Waals surface area (Å²) in [5.74, 6) is -2.77. The lowest BCUT2D eigenvalue weighted by Gasteiger charge is -2.37. The van der Waals surface area contributed by atoms with Crippen molar-refractivity contribution in [2.24, 2.45) is 0 Å². The van der Waals surface area contributed by atoms with Gasteiger partial charge in [0.2, 0.25) is 0 Å². The monoisotopic (exact) mass is 496 g/mol. The van der Waals surface area contributed by atoms with E-state index in [0.717, 1.165) is 29.9 Å². The van der Waals surface area contributed by atoms with Gasteiger partial charge in [-0.05, 0) is 24.5 Å². The lowest BCUT2D eigenvalue weighted by Crippen LogP contribution is -2.45. The third kappa shape index (κ3) is 5.77. The van der Waals surface area contributed by atoms with Gasteiger partial charge in [0.1, 0.15) is 17.1 Å². The van der Waals surface area contributed by atoms with Gasteiger partial charge in [-0.1, -0.05) is 18.2 Å². The summed E-state index contributed by atoms with van der Waals surface area (Å²) < 4.78 is 71.7. The first-order chi connectivity index (χ1) is 16.6. The fourth-order valence-corrected chi connectivity index (χ4v) is 4.33. The van der Waals surface area contributed by atoms with Crippen LogP contribution in [0.25, 0.3) is 6.08 Å². The lowest BCUT2D eigenvalue weighted by atomic mass is 10.00. The average Bonchev–Trinajstić information content (AvgIpc) is 2.83. The molecule has 1 saturated heterocycles. The maximum atomic E-state index is 13.7. The van der Waals surface area contributed by atoms with Crippen LogP contribution in [-0.2, 0) is 12.6 Å². The van der Waals surface area contributed by atoms with E-state index in [9.17, 15) is 26.7 Å². The number of likely N-dealkylation sites (tertiary alicyclic amines) is 1. The second-order valence-electron chi connectivity index (χ2n) is 8.60. The fourth-order valence-electron chi connectivity index (χ4n) is 4.33. The van der Waals surface area contributed by atoms with Crippen molar-refractivity contribution in [3.8, 4) is 5.75 Å². The van der Waals surface area contributed by atoms with Crippen molar-refractivity contribution in [2.45, 2.75) is 43.8 Å². The van der Waals surface area contributed by atoms with Crippen LogP contribution in [-0.4, -0.2) is 53.4 Å². The standard InChI is InChI=1S/C24H25F5N4O2/c1-35-20-12-18(32-17-5-3-2-4-16(17)20)22(34)31-14-19(33-10-8-23(25,26)9-11-33)15-6-7-21(30-13-15)24(27,28)29/h2,4,6-7,12-13,19H,3,5,8-11,14H2,1H3,(H,31,34). The second kappa shape index (κ2) is 9.88. The third-order valence-corrected chi connectivity index (χ3v) is 6.27. The molecule has 188 valence electrons. The number of carbonyl (C=O) groups excluding carboxylic acids is 1. The normalized spacial score (nSPS) is 18.6. The van der Waals surface area contributed by atoms with Gasteiger partial charge >= 0.3 is 6.18 Å². The molecule has 1 aliphatic carbocycles. The number of rotatable bonds is 6. The highest BCUT2D eigenvalue weighted by Gasteiger charge is 2.37. The number of fused-ring (bicyclic) bond motifs is 1. The van der Waals surface area contributed by atoms with Crippen LogP contribution in [0.15, 0.2) is 30.5 Å². The van der Waals surface area contributed by atoms with Crippen molar-refractivity contribution in [1.29, 1.82) is 0 Å². The molecule has 1 atom stereocenters. The summed E-state index contributed by atoms with van der Waals surface area (Å²) >= 11 is 0. The van der Waals surface area contributed by atoms with E-state index in [1.54, 1.807) is 4.90 Å². The summed E-state index contributed by atoms with van der Waals surface area (Å²) in [5.41, 5.74) is 1.04. The Kier molecular flexibility index (Phi) is 7.07. The highest BCUT2D eigenvalue weighted by atomic mass is 19.4. The Morgan fingerprint density at radius 1 is 1.26 bits per heavy atom. The largest absolute Gasteiger partial charge is 0.496 e. The van der Waals surface area contributed by atoms with Crippen LogP contribution < -0.4 is 10.1 Å². The Morgan fingerprint density at radius 3 is 2.63 bits per heavy atom. The minimum atomic E-state index is -4.60. The number of aromatic nitrogens is 2. The molecule has 1 fully saturated rings. The van der Waals surface area contributed by atoms with Gasteiger partial charge in [-0.15, -0.1) is 0 Å². The van der Waals surface area contributed by atoms with Gasteiger partial charge in [0, 0.05) is 50.3 Å². The maximum Gasteiger partial charge on any atom is 0.433 e. The molecule has 1 aliphatic heterocycles. The molecule has 0 aromatic carbocycles. The van der Waals surface area contributed by atoms with Crippen LogP contribution in [0.2, 0.25) is 0 Å². The summed E-state index contributed by atoms with van der Waals surface area (Å²) in [6, 6.07) is 3.02. The quantitative estimate of drug-likeness (QED) is 0.589. The lowest BCUT2D eigenvalue weighted by molar-refractivity contribution is -0.141. The predicted octanol–water partition coefficient (Wildman–Crippen LogP) is 4.67. The highest BCUT2D eigenvalue weighted by Crippen LogP contribution is 2.34. The zero-order chi connectivity index (χ0) is 25.2. The van der Waals surface area contributed by atoms with Gasteiger partial charge in [-0.25, -0.2) is 13.8 Å². The molecule has 11 heteroatoms. The van der Waals surface area contributed by atoms with E-state index >= 15 is 0 Å². The molecule has 2 aromatic heterocycles. The van der Waals surface area contributed by atoms with Crippen molar-refractivity contribution >= 4 is 12.0 Å². The molecular formula is C24H25F5N4O2. The van der Waals surface area contributed by atoms with Gasteiger partial charge < -0.3 is 10.1 Å². The molecule has 1 amide bonds. The number of amides is 1. The van der Waals surface area contributed by atoms with E-state index in [1.165, 1.54) is 19.2 Å². The number of allylic oxidation sites excluding steroid dienone is 1. The molecule has 1 unspecified atom stereocenters. The number of methoxy groups -OCH3 is 1. The van der Waals surface area contributed by atoms with E-state index in [-0.39, 0.29) is 38.2 Å². The first-order valence-electron chi connectivity index (χ1n) is 11.2. The van der Waals surface area contributed by atoms with Crippen LogP contribution in [0.1, 0.15) is 58.3 Å². The Morgan fingerprint density at radius 2 is 2.00 bits per heavy atom. The number of hydrogen-bond acceptors (Lipinski definition) is 5. The van der Waals surface area contributed by atoms with Crippen molar-refractivity contribution in [1.82, 2.24) is 20.2 Å². The van der Waals surface area contributed by atoms with Crippen molar-refractivity contribution in [3.63, 3.8) is 0 Å². The molecule has 35 heavy (non-hydrogen) atoms. The Labute approximate surface area is 199 Å². The number of alkyl halides is 5. The zero-order valence-corrected chi connectivity index (χ0v) is 19.0. The van der Waals surface area contributed by atoms with Gasteiger partial charge in [0.25, 0.3) is 11.8 Å². The molecule has 0 saturated carbocycles. The van der Waals surface area contributed by atoms with E-state index in [2.05, 4.69) is 15.3 Å². The smallest absolute Gasteiger partial charge is 0.433 e. The second-order valence-corrected chi connectivity index (χ2v) is 8.60. The minimum absolute atomic E-state index is 0.0154. The van der Waals surface area contributed by atoms with Gasteiger partial charge in [0.05, 0.1) is 18.8 Å². The van der Waals surface area contributed by atoms with Crippen LogP contribution in [0.4, 0.5) is 22.0 Å². The minimum Gasteiger partial charge on any atom is -0.496 e. The van der Waals surface area contributed by atoms with Crippen molar-refractivity contribution < 1.29 is 31.5 Å². The number of hydrogen-bond donors (Lipinski definition) is 1. The van der Waals surface area contributed by atoms with Crippen LogP contribution in [0, 0.1) is 0 Å². The summed E-state index contributed by atoms with van der Waals surface area (Å²) in [6.07, 6.45) is 1.08.